The lowest BCUT2D eigenvalue weighted by Gasteiger charge is -2.43. The molecule has 24 heavy (non-hydrogen) atoms. The van der Waals surface area contributed by atoms with Gasteiger partial charge in [0.15, 0.2) is 0 Å². The molecule has 3 fully saturated rings. The Hall–Kier alpha value is -1.55. The van der Waals surface area contributed by atoms with Crippen LogP contribution in [-0.4, -0.2) is 36.2 Å². The number of benzene rings is 1. The molecule has 3 aliphatic rings. The molecule has 2 bridgehead atoms. The number of ether oxygens (including phenoxy) is 1. The highest BCUT2D eigenvalue weighted by atomic mass is 16.6. The minimum absolute atomic E-state index is 0.0923. The summed E-state index contributed by atoms with van der Waals surface area (Å²) in [6.07, 6.45) is 6.00. The topological polar surface area (TPSA) is 41.6 Å². The van der Waals surface area contributed by atoms with Gasteiger partial charge in [-0.25, -0.2) is 4.79 Å². The molecule has 1 aliphatic carbocycles. The molecule has 0 aromatic heterocycles. The minimum Gasteiger partial charge on any atom is -0.446 e. The third-order valence-corrected chi connectivity index (χ3v) is 6.31. The van der Waals surface area contributed by atoms with Crippen molar-refractivity contribution in [3.63, 3.8) is 0 Å². The van der Waals surface area contributed by atoms with Crippen molar-refractivity contribution in [2.75, 3.05) is 18.4 Å². The van der Waals surface area contributed by atoms with Crippen LogP contribution < -0.4 is 5.32 Å². The van der Waals surface area contributed by atoms with Gasteiger partial charge in [-0.05, 0) is 75.3 Å². The van der Waals surface area contributed by atoms with Crippen LogP contribution in [0.5, 0.6) is 0 Å². The van der Waals surface area contributed by atoms with E-state index in [1.165, 1.54) is 49.9 Å². The molecule has 2 saturated heterocycles. The summed E-state index contributed by atoms with van der Waals surface area (Å²) in [5.41, 5.74) is 3.24. The van der Waals surface area contributed by atoms with Gasteiger partial charge in [-0.1, -0.05) is 12.5 Å². The van der Waals surface area contributed by atoms with Crippen LogP contribution in [0, 0.1) is 25.7 Å². The zero-order valence-electron chi connectivity index (χ0n) is 14.8. The Morgan fingerprint density at radius 2 is 2.08 bits per heavy atom. The van der Waals surface area contributed by atoms with Gasteiger partial charge in [0.05, 0.1) is 0 Å². The summed E-state index contributed by atoms with van der Waals surface area (Å²) < 4.78 is 5.87. The predicted octanol–water partition coefficient (Wildman–Crippen LogP) is 4.11. The van der Waals surface area contributed by atoms with Crippen molar-refractivity contribution in [2.24, 2.45) is 11.8 Å². The van der Waals surface area contributed by atoms with Gasteiger partial charge in [0, 0.05) is 24.2 Å². The molecule has 1 amide bonds. The van der Waals surface area contributed by atoms with Gasteiger partial charge in [0.1, 0.15) is 6.10 Å². The lowest BCUT2D eigenvalue weighted by Crippen LogP contribution is -2.49. The standard InChI is InChI=1S/C20H28N2O2/c1-13-6-7-16(9-14(13)2)21-20(23)24-19-11-15-10-17(19)18-5-3-4-8-22(18)12-15/h6-7,9,15,17-19H,3-5,8,10-12H2,1-2H3,(H,21,23)/t15-,17-,18-,19-/m1/s1. The fraction of sp³-hybridized carbons (Fsp3) is 0.650. The second-order valence-corrected chi connectivity index (χ2v) is 7.93. The number of carbonyl (C=O) groups excluding carboxylic acids is 1. The van der Waals surface area contributed by atoms with Crippen molar-refractivity contribution >= 4 is 11.8 Å². The molecule has 0 unspecified atom stereocenters. The molecule has 1 saturated carbocycles. The first-order valence-corrected chi connectivity index (χ1v) is 9.39. The Morgan fingerprint density at radius 3 is 2.92 bits per heavy atom. The zero-order valence-corrected chi connectivity index (χ0v) is 14.8. The van der Waals surface area contributed by atoms with Crippen molar-refractivity contribution in [1.82, 2.24) is 4.90 Å². The number of aryl methyl sites for hydroxylation is 2. The molecule has 0 spiro atoms. The van der Waals surface area contributed by atoms with Crippen molar-refractivity contribution in [3.8, 4) is 0 Å². The normalized spacial score (nSPS) is 32.2. The fourth-order valence-corrected chi connectivity index (χ4v) is 4.99. The number of nitrogens with zero attached hydrogens (tertiary/aromatic N) is 1. The van der Waals surface area contributed by atoms with Crippen LogP contribution in [0.3, 0.4) is 0 Å². The van der Waals surface area contributed by atoms with E-state index in [1.54, 1.807) is 0 Å². The maximum atomic E-state index is 12.4. The Balaban J connectivity index is 1.39. The first kappa shape index (κ1) is 15.9. The van der Waals surface area contributed by atoms with E-state index in [9.17, 15) is 4.79 Å². The molecule has 4 nitrogen and oxygen atoms in total. The first-order valence-electron chi connectivity index (χ1n) is 9.39. The van der Waals surface area contributed by atoms with E-state index in [0.29, 0.717) is 17.9 Å². The highest BCUT2D eigenvalue weighted by molar-refractivity contribution is 5.84. The zero-order chi connectivity index (χ0) is 16.7. The van der Waals surface area contributed by atoms with Crippen LogP contribution in [0.25, 0.3) is 0 Å². The maximum absolute atomic E-state index is 12.4. The molecule has 4 rings (SSSR count). The smallest absolute Gasteiger partial charge is 0.411 e. The SMILES string of the molecule is Cc1ccc(NC(=O)O[C@@H]2C[C@H]3C[C@@H]2[C@H]2CCCCN2C3)cc1C. The Kier molecular flexibility index (Phi) is 4.25. The number of amides is 1. The summed E-state index contributed by atoms with van der Waals surface area (Å²) in [6, 6.07) is 6.62. The van der Waals surface area contributed by atoms with E-state index in [1.807, 2.05) is 18.2 Å². The minimum atomic E-state index is -0.293. The molecule has 4 atom stereocenters. The van der Waals surface area contributed by atoms with Gasteiger partial charge in [-0.3, -0.25) is 10.2 Å². The van der Waals surface area contributed by atoms with Crippen molar-refractivity contribution in [3.05, 3.63) is 29.3 Å². The van der Waals surface area contributed by atoms with Crippen LogP contribution in [0.15, 0.2) is 18.2 Å². The van der Waals surface area contributed by atoms with Crippen LogP contribution in [0.1, 0.15) is 43.2 Å². The average molecular weight is 328 g/mol. The molecule has 0 radical (unpaired) electrons. The van der Waals surface area contributed by atoms with Gasteiger partial charge in [-0.2, -0.15) is 0 Å². The van der Waals surface area contributed by atoms with Gasteiger partial charge < -0.3 is 4.74 Å². The predicted molar refractivity (Wildman–Crippen MR) is 95.2 cm³/mol. The number of carbonyl (C=O) groups is 1. The van der Waals surface area contributed by atoms with Crippen LogP contribution >= 0.6 is 0 Å². The summed E-state index contributed by atoms with van der Waals surface area (Å²) in [7, 11) is 0. The largest absolute Gasteiger partial charge is 0.446 e. The number of piperidine rings is 2. The monoisotopic (exact) mass is 328 g/mol. The van der Waals surface area contributed by atoms with Gasteiger partial charge >= 0.3 is 6.09 Å². The van der Waals surface area contributed by atoms with Gasteiger partial charge in [-0.15, -0.1) is 0 Å². The Bertz CT molecular complexity index is 630. The Labute approximate surface area is 144 Å². The molecule has 1 aromatic rings. The summed E-state index contributed by atoms with van der Waals surface area (Å²) >= 11 is 0. The van der Waals surface area contributed by atoms with E-state index < -0.39 is 0 Å². The molecular weight excluding hydrogens is 300 g/mol. The summed E-state index contributed by atoms with van der Waals surface area (Å²) in [5, 5.41) is 2.91. The molecule has 2 heterocycles. The third-order valence-electron chi connectivity index (χ3n) is 6.31. The number of rotatable bonds is 2. The number of hydrogen-bond acceptors (Lipinski definition) is 3. The molecule has 1 aromatic carbocycles. The lowest BCUT2D eigenvalue weighted by molar-refractivity contribution is 0.0181. The van der Waals surface area contributed by atoms with E-state index in [2.05, 4.69) is 24.1 Å². The molecule has 4 heteroatoms. The number of anilines is 1. The van der Waals surface area contributed by atoms with Gasteiger partial charge in [0.25, 0.3) is 0 Å². The molecular formula is C20H28N2O2. The van der Waals surface area contributed by atoms with Crippen molar-refractivity contribution in [2.45, 2.75) is 58.1 Å². The number of nitrogens with one attached hydrogen (secondary N) is 1. The second kappa shape index (κ2) is 6.40. The number of hydrogen-bond donors (Lipinski definition) is 1. The van der Waals surface area contributed by atoms with Crippen LogP contribution in [0.2, 0.25) is 0 Å². The van der Waals surface area contributed by atoms with E-state index >= 15 is 0 Å². The van der Waals surface area contributed by atoms with Crippen LogP contribution in [-0.2, 0) is 4.74 Å². The van der Waals surface area contributed by atoms with E-state index in [4.69, 9.17) is 4.74 Å². The van der Waals surface area contributed by atoms with E-state index in [-0.39, 0.29) is 12.2 Å². The highest BCUT2D eigenvalue weighted by Crippen LogP contribution is 2.45. The van der Waals surface area contributed by atoms with Gasteiger partial charge in [0.2, 0.25) is 0 Å². The second-order valence-electron chi connectivity index (χ2n) is 7.93. The summed E-state index contributed by atoms with van der Waals surface area (Å²) in [4.78, 5) is 15.0. The molecule has 1 N–H and O–H groups in total. The molecule has 2 aliphatic heterocycles. The number of fused-ring (bicyclic) bond motifs is 4. The fourth-order valence-electron chi connectivity index (χ4n) is 4.99. The Morgan fingerprint density at radius 1 is 1.21 bits per heavy atom. The first-order chi connectivity index (χ1) is 11.6. The summed E-state index contributed by atoms with van der Waals surface area (Å²) in [5.74, 6) is 1.25. The maximum Gasteiger partial charge on any atom is 0.411 e. The van der Waals surface area contributed by atoms with Crippen LogP contribution in [0.4, 0.5) is 10.5 Å². The van der Waals surface area contributed by atoms with Crippen molar-refractivity contribution in [1.29, 1.82) is 0 Å². The lowest BCUT2D eigenvalue weighted by atomic mass is 9.84. The van der Waals surface area contributed by atoms with E-state index in [0.717, 1.165) is 12.1 Å². The molecule has 130 valence electrons. The quantitative estimate of drug-likeness (QED) is 0.888. The van der Waals surface area contributed by atoms with Crippen molar-refractivity contribution < 1.29 is 9.53 Å². The summed E-state index contributed by atoms with van der Waals surface area (Å²) in [6.45, 7) is 6.58. The highest BCUT2D eigenvalue weighted by Gasteiger charge is 2.48. The third kappa shape index (κ3) is 3.04. The average Bonchev–Trinajstić information content (AvgIpc) is 2.88.